The molecule has 8 heteroatoms. The van der Waals surface area contributed by atoms with Gasteiger partial charge in [0.05, 0.1) is 17.6 Å². The smallest absolute Gasteiger partial charge is 0.230 e. The number of amides is 1. The van der Waals surface area contributed by atoms with Crippen LogP contribution in [0.1, 0.15) is 62.5 Å². The first-order valence-corrected chi connectivity index (χ1v) is 12.0. The Kier molecular flexibility index (Phi) is 5.55. The van der Waals surface area contributed by atoms with Crippen LogP contribution in [0.25, 0.3) is 0 Å². The Balaban J connectivity index is 1.97. The molecule has 0 spiro atoms. The van der Waals surface area contributed by atoms with Crippen LogP contribution in [0.3, 0.4) is 0 Å². The van der Waals surface area contributed by atoms with E-state index < -0.39 is 63.9 Å². The van der Waals surface area contributed by atoms with Crippen LogP contribution in [0.2, 0.25) is 0 Å². The molecule has 1 aromatic carbocycles. The minimum atomic E-state index is -2.48. The minimum Gasteiger partial charge on any atom is -0.507 e. The zero-order chi connectivity index (χ0) is 25.5. The van der Waals surface area contributed by atoms with Crippen molar-refractivity contribution in [2.45, 2.75) is 71.7 Å². The first-order valence-electron chi connectivity index (χ1n) is 12.0. The Labute approximate surface area is 199 Å². The summed E-state index contributed by atoms with van der Waals surface area (Å²) in [5.41, 5.74) is 2.53. The quantitative estimate of drug-likeness (QED) is 0.412. The number of hydrogen-bond donors (Lipinski definition) is 5. The Bertz CT molecular complexity index is 1080. The van der Waals surface area contributed by atoms with Gasteiger partial charge in [-0.1, -0.05) is 40.7 Å². The summed E-state index contributed by atoms with van der Waals surface area (Å²) in [6.45, 7) is 9.11. The number of hydrogen-bond acceptors (Lipinski definition) is 7. The number of benzene rings is 1. The summed E-state index contributed by atoms with van der Waals surface area (Å²) in [6, 6.07) is 3.23. The highest BCUT2D eigenvalue weighted by Crippen LogP contribution is 2.65. The van der Waals surface area contributed by atoms with Crippen molar-refractivity contribution in [1.82, 2.24) is 0 Å². The number of fused-ring (bicyclic) bond motifs is 3. The van der Waals surface area contributed by atoms with Gasteiger partial charge < -0.3 is 26.2 Å². The van der Waals surface area contributed by atoms with E-state index in [9.17, 15) is 34.8 Å². The van der Waals surface area contributed by atoms with Crippen LogP contribution in [-0.4, -0.2) is 55.7 Å². The fraction of sp³-hybridized carbons (Fsp3) is 0.654. The SMILES string of the molecule is CCc1ccc(O)c2c1C[C@]1(C)C[C@]3(C)[C@@H](C(C)C)C(O)[C@@H](C(N)=O)C(=O)[C@]3(O)C(O)[C@H]1C2=O. The molecule has 1 aromatic rings. The lowest BCUT2D eigenvalue weighted by Crippen LogP contribution is -2.79. The number of primary amides is 1. The van der Waals surface area contributed by atoms with Gasteiger partial charge in [0.1, 0.15) is 17.8 Å². The molecule has 1 amide bonds. The van der Waals surface area contributed by atoms with Crippen molar-refractivity contribution in [3.8, 4) is 5.75 Å². The third-order valence-electron chi connectivity index (χ3n) is 9.14. The van der Waals surface area contributed by atoms with Crippen molar-refractivity contribution >= 4 is 17.5 Å². The molecule has 0 radical (unpaired) electrons. The molecule has 2 fully saturated rings. The van der Waals surface area contributed by atoms with Crippen molar-refractivity contribution < 1.29 is 34.8 Å². The lowest BCUT2D eigenvalue weighted by atomic mass is 9.39. The summed E-state index contributed by atoms with van der Waals surface area (Å²) < 4.78 is 0. The lowest BCUT2D eigenvalue weighted by molar-refractivity contribution is -0.265. The number of nitrogens with two attached hydrogens (primary N) is 1. The van der Waals surface area contributed by atoms with Crippen molar-refractivity contribution in [1.29, 1.82) is 0 Å². The number of carbonyl (C=O) groups is 3. The van der Waals surface area contributed by atoms with E-state index >= 15 is 0 Å². The Morgan fingerprint density at radius 1 is 1.21 bits per heavy atom. The van der Waals surface area contributed by atoms with Crippen molar-refractivity contribution in [3.05, 3.63) is 28.8 Å². The third kappa shape index (κ3) is 2.85. The second-order valence-electron chi connectivity index (χ2n) is 11.4. The van der Waals surface area contributed by atoms with Crippen LogP contribution in [0.5, 0.6) is 5.75 Å². The molecule has 8 atom stereocenters. The van der Waals surface area contributed by atoms with Gasteiger partial charge in [-0.2, -0.15) is 0 Å². The maximum absolute atomic E-state index is 13.8. The normalized spacial score (nSPS) is 41.6. The molecule has 0 bridgehead atoms. The van der Waals surface area contributed by atoms with E-state index in [-0.39, 0.29) is 23.7 Å². The summed E-state index contributed by atoms with van der Waals surface area (Å²) in [7, 11) is 0. The van der Waals surface area contributed by atoms with E-state index in [2.05, 4.69) is 0 Å². The third-order valence-corrected chi connectivity index (χ3v) is 9.14. The van der Waals surface area contributed by atoms with Crippen LogP contribution in [0.4, 0.5) is 0 Å². The van der Waals surface area contributed by atoms with E-state index in [0.717, 1.165) is 5.56 Å². The van der Waals surface area contributed by atoms with Crippen LogP contribution in [0, 0.1) is 34.5 Å². The molecular weight excluding hydrogens is 438 g/mol. The number of aliphatic hydroxyl groups is 3. The maximum Gasteiger partial charge on any atom is 0.230 e. The highest BCUT2D eigenvalue weighted by atomic mass is 16.4. The van der Waals surface area contributed by atoms with Crippen molar-refractivity contribution in [2.75, 3.05) is 0 Å². The molecule has 2 unspecified atom stereocenters. The zero-order valence-electron chi connectivity index (χ0n) is 20.3. The van der Waals surface area contributed by atoms with E-state index in [1.54, 1.807) is 13.0 Å². The van der Waals surface area contributed by atoms with Gasteiger partial charge in [-0.15, -0.1) is 0 Å². The Morgan fingerprint density at radius 2 is 1.82 bits per heavy atom. The lowest BCUT2D eigenvalue weighted by Gasteiger charge is -2.66. The summed E-state index contributed by atoms with van der Waals surface area (Å²) >= 11 is 0. The first-order chi connectivity index (χ1) is 15.7. The molecule has 2 saturated carbocycles. The first kappa shape index (κ1) is 24.8. The second-order valence-corrected chi connectivity index (χ2v) is 11.4. The van der Waals surface area contributed by atoms with E-state index in [4.69, 9.17) is 5.73 Å². The number of carbonyl (C=O) groups excluding carboxylic acids is 3. The molecule has 0 aromatic heterocycles. The fourth-order valence-corrected chi connectivity index (χ4v) is 7.93. The topological polar surface area (TPSA) is 158 Å². The number of phenols is 1. The largest absolute Gasteiger partial charge is 0.507 e. The van der Waals surface area contributed by atoms with Crippen LogP contribution < -0.4 is 5.73 Å². The van der Waals surface area contributed by atoms with Gasteiger partial charge in [-0.3, -0.25) is 14.4 Å². The number of Topliss-reactive ketones (excluding diaryl/α,β-unsaturated/α-hetero) is 2. The summed E-state index contributed by atoms with van der Waals surface area (Å²) in [5, 5.41) is 45.3. The maximum atomic E-state index is 13.8. The van der Waals surface area contributed by atoms with Gasteiger partial charge in [0.15, 0.2) is 17.2 Å². The number of rotatable bonds is 3. The molecule has 0 heterocycles. The minimum absolute atomic E-state index is 0.114. The van der Waals surface area contributed by atoms with Crippen LogP contribution in [-0.2, 0) is 22.4 Å². The molecule has 186 valence electrons. The predicted octanol–water partition coefficient (Wildman–Crippen LogP) is 1.14. The summed E-state index contributed by atoms with van der Waals surface area (Å²) in [6.07, 6.45) is -2.12. The van der Waals surface area contributed by atoms with Gasteiger partial charge in [-0.05, 0) is 53.7 Å². The summed E-state index contributed by atoms with van der Waals surface area (Å²) in [4.78, 5) is 39.6. The van der Waals surface area contributed by atoms with Gasteiger partial charge in [0.2, 0.25) is 5.91 Å². The number of aromatic hydroxyl groups is 1. The number of phenolic OH excluding ortho intramolecular Hbond substituents is 1. The average Bonchev–Trinajstić information content (AvgIpc) is 2.70. The highest BCUT2D eigenvalue weighted by molar-refractivity contribution is 6.09. The fourth-order valence-electron chi connectivity index (χ4n) is 7.93. The van der Waals surface area contributed by atoms with Crippen LogP contribution in [0.15, 0.2) is 12.1 Å². The van der Waals surface area contributed by atoms with E-state index in [1.165, 1.54) is 6.07 Å². The molecule has 3 aliphatic rings. The molecule has 34 heavy (non-hydrogen) atoms. The molecule has 6 N–H and O–H groups in total. The predicted molar refractivity (Wildman–Crippen MR) is 123 cm³/mol. The van der Waals surface area contributed by atoms with Crippen molar-refractivity contribution in [3.63, 3.8) is 0 Å². The molecule has 3 aliphatic carbocycles. The summed E-state index contributed by atoms with van der Waals surface area (Å²) in [5.74, 6) is -6.76. The number of ketones is 2. The van der Waals surface area contributed by atoms with E-state index in [1.807, 2.05) is 27.7 Å². The van der Waals surface area contributed by atoms with Crippen molar-refractivity contribution in [2.24, 2.45) is 40.2 Å². The molecule has 4 rings (SSSR count). The number of aliphatic hydroxyl groups excluding tert-OH is 2. The van der Waals surface area contributed by atoms with Gasteiger partial charge >= 0.3 is 0 Å². The molecule has 0 aliphatic heterocycles. The molecule has 0 saturated heterocycles. The van der Waals surface area contributed by atoms with Gasteiger partial charge in [-0.25, -0.2) is 0 Å². The Hall–Kier alpha value is -2.29. The Morgan fingerprint density at radius 3 is 2.35 bits per heavy atom. The average molecular weight is 474 g/mol. The second kappa shape index (κ2) is 7.60. The molecular formula is C26H35NO7. The van der Waals surface area contributed by atoms with Crippen LogP contribution >= 0.6 is 0 Å². The van der Waals surface area contributed by atoms with Gasteiger partial charge in [0.25, 0.3) is 0 Å². The van der Waals surface area contributed by atoms with E-state index in [0.29, 0.717) is 18.4 Å². The number of aryl methyl sites for hydroxylation is 1. The molecule has 8 nitrogen and oxygen atoms in total. The van der Waals surface area contributed by atoms with Gasteiger partial charge in [0, 0.05) is 5.41 Å². The highest BCUT2D eigenvalue weighted by Gasteiger charge is 2.75. The standard InChI is InChI=1S/C26H35NO7/c1-6-12-7-8-14(28)15-13(12)9-24(4)10-25(5)17(11(2)3)20(30)16(23(27)33)21(31)26(25,34)22(32)18(24)19(15)29/h7-8,11,16-18,20,22,28,30,32,34H,6,9-10H2,1-5H3,(H2,27,33)/t16-,17+,18-,20?,22?,24-,25-,26+/m1/s1. The monoisotopic (exact) mass is 473 g/mol. The zero-order valence-corrected chi connectivity index (χ0v) is 20.3.